The predicted molar refractivity (Wildman–Crippen MR) is 106 cm³/mol. The number of hydrogen-bond acceptors (Lipinski definition) is 5. The molecule has 0 unspecified atom stereocenters. The molecule has 1 N–H and O–H groups in total. The van der Waals surface area contributed by atoms with Gasteiger partial charge in [-0.1, -0.05) is 23.2 Å². The van der Waals surface area contributed by atoms with Gasteiger partial charge in [0.15, 0.2) is 5.11 Å². The maximum atomic E-state index is 12.9. The molecule has 2 aromatic carbocycles. The van der Waals surface area contributed by atoms with E-state index in [0.717, 1.165) is 4.90 Å². The molecular formula is C17H9Cl2N3O4S. The van der Waals surface area contributed by atoms with Crippen molar-refractivity contribution in [2.24, 2.45) is 0 Å². The predicted octanol–water partition coefficient (Wildman–Crippen LogP) is 3.73. The molecule has 7 nitrogen and oxygen atoms in total. The Morgan fingerprint density at radius 3 is 2.41 bits per heavy atom. The van der Waals surface area contributed by atoms with Crippen molar-refractivity contribution in [1.82, 2.24) is 5.32 Å². The Morgan fingerprint density at radius 2 is 1.78 bits per heavy atom. The molecule has 1 saturated heterocycles. The number of nitrogens with one attached hydrogen (secondary N) is 1. The van der Waals surface area contributed by atoms with Crippen LogP contribution in [0.3, 0.4) is 0 Å². The lowest BCUT2D eigenvalue weighted by Gasteiger charge is -2.29. The van der Waals surface area contributed by atoms with Crippen molar-refractivity contribution < 1.29 is 14.5 Å². The number of thiocarbonyl (C=S) groups is 1. The standard InChI is InChI=1S/C17H9Cl2N3O4S/c18-10-1-3-11(4-2-10)21-16(24)13(15(23)20-17(21)27)8-9-7-12(22(25)26)5-6-14(9)19/h1-8H,(H,20,23,27)/b13-8+. The molecule has 1 heterocycles. The lowest BCUT2D eigenvalue weighted by atomic mass is 10.1. The molecule has 0 spiro atoms. The second-order valence-corrected chi connectivity index (χ2v) is 6.63. The van der Waals surface area contributed by atoms with Crippen LogP contribution in [0, 0.1) is 10.1 Å². The lowest BCUT2D eigenvalue weighted by Crippen LogP contribution is -2.54. The van der Waals surface area contributed by atoms with Crippen LogP contribution < -0.4 is 10.2 Å². The van der Waals surface area contributed by atoms with E-state index >= 15 is 0 Å². The molecule has 1 fully saturated rings. The monoisotopic (exact) mass is 421 g/mol. The summed E-state index contributed by atoms with van der Waals surface area (Å²) in [5.41, 5.74) is 0.0830. The van der Waals surface area contributed by atoms with Crippen LogP contribution in [0.1, 0.15) is 5.56 Å². The van der Waals surface area contributed by atoms with Crippen molar-refractivity contribution >= 4 is 69.8 Å². The summed E-state index contributed by atoms with van der Waals surface area (Å²) >= 11 is 17.0. The topological polar surface area (TPSA) is 92.6 Å². The lowest BCUT2D eigenvalue weighted by molar-refractivity contribution is -0.384. The van der Waals surface area contributed by atoms with Crippen LogP contribution in [0.4, 0.5) is 11.4 Å². The van der Waals surface area contributed by atoms with Crippen LogP contribution in [0.15, 0.2) is 48.0 Å². The van der Waals surface area contributed by atoms with Crippen LogP contribution in [0.2, 0.25) is 10.0 Å². The number of carbonyl (C=O) groups excluding carboxylic acids is 2. The summed E-state index contributed by atoms with van der Waals surface area (Å²) in [6.45, 7) is 0. The van der Waals surface area contributed by atoms with E-state index in [1.54, 1.807) is 24.3 Å². The number of amides is 2. The molecule has 0 bridgehead atoms. The molecule has 0 aromatic heterocycles. The first kappa shape index (κ1) is 19.0. The third-order valence-electron chi connectivity index (χ3n) is 3.68. The summed E-state index contributed by atoms with van der Waals surface area (Å²) in [5.74, 6) is -1.41. The van der Waals surface area contributed by atoms with Gasteiger partial charge in [-0.3, -0.25) is 29.9 Å². The molecule has 0 atom stereocenters. The van der Waals surface area contributed by atoms with E-state index in [4.69, 9.17) is 35.4 Å². The molecule has 136 valence electrons. The Balaban J connectivity index is 2.06. The van der Waals surface area contributed by atoms with E-state index < -0.39 is 16.7 Å². The zero-order valence-electron chi connectivity index (χ0n) is 13.3. The van der Waals surface area contributed by atoms with E-state index in [1.165, 1.54) is 24.3 Å². The van der Waals surface area contributed by atoms with Crippen molar-refractivity contribution in [3.63, 3.8) is 0 Å². The Morgan fingerprint density at radius 1 is 1.11 bits per heavy atom. The molecule has 0 aliphatic carbocycles. The van der Waals surface area contributed by atoms with Crippen LogP contribution in [-0.2, 0) is 9.59 Å². The van der Waals surface area contributed by atoms with Crippen molar-refractivity contribution in [1.29, 1.82) is 0 Å². The Labute approximate surface area is 168 Å². The number of nitrogens with zero attached hydrogens (tertiary/aromatic N) is 2. The van der Waals surface area contributed by atoms with Crippen LogP contribution in [0.5, 0.6) is 0 Å². The number of non-ortho nitro benzene ring substituents is 1. The summed E-state index contributed by atoms with van der Waals surface area (Å²) in [5, 5.41) is 13.9. The van der Waals surface area contributed by atoms with Gasteiger partial charge in [0.25, 0.3) is 17.5 Å². The van der Waals surface area contributed by atoms with Crippen LogP contribution in [0.25, 0.3) is 6.08 Å². The molecule has 2 aromatic rings. The average molecular weight is 422 g/mol. The highest BCUT2D eigenvalue weighted by molar-refractivity contribution is 7.80. The first-order chi connectivity index (χ1) is 12.8. The van der Waals surface area contributed by atoms with E-state index in [0.29, 0.717) is 10.7 Å². The Kier molecular flexibility index (Phi) is 5.22. The molecular weight excluding hydrogens is 413 g/mol. The van der Waals surface area contributed by atoms with E-state index in [-0.39, 0.29) is 27.0 Å². The molecule has 0 radical (unpaired) electrons. The summed E-state index contributed by atoms with van der Waals surface area (Å²) in [7, 11) is 0. The minimum absolute atomic E-state index is 0.0883. The second-order valence-electron chi connectivity index (χ2n) is 5.40. The third-order valence-corrected chi connectivity index (χ3v) is 4.56. The maximum absolute atomic E-state index is 12.9. The number of nitro benzene ring substituents is 1. The zero-order chi connectivity index (χ0) is 19.7. The van der Waals surface area contributed by atoms with Gasteiger partial charge in [-0.15, -0.1) is 0 Å². The van der Waals surface area contributed by atoms with Crippen molar-refractivity contribution in [2.45, 2.75) is 0 Å². The minimum atomic E-state index is -0.724. The van der Waals surface area contributed by atoms with Crippen molar-refractivity contribution in [3.05, 3.63) is 73.8 Å². The maximum Gasteiger partial charge on any atom is 0.270 e. The highest BCUT2D eigenvalue weighted by Crippen LogP contribution is 2.27. The van der Waals surface area contributed by atoms with E-state index in [9.17, 15) is 19.7 Å². The summed E-state index contributed by atoms with van der Waals surface area (Å²) in [6, 6.07) is 10.0. The van der Waals surface area contributed by atoms with Gasteiger partial charge in [0.1, 0.15) is 5.57 Å². The number of hydrogen-bond donors (Lipinski definition) is 1. The van der Waals surface area contributed by atoms with Gasteiger partial charge in [0, 0.05) is 27.7 Å². The first-order valence-electron chi connectivity index (χ1n) is 7.39. The Hall–Kier alpha value is -2.81. The fourth-order valence-corrected chi connectivity index (χ4v) is 2.97. The largest absolute Gasteiger partial charge is 0.298 e. The quantitative estimate of drug-likeness (QED) is 0.268. The summed E-state index contributed by atoms with van der Waals surface area (Å²) < 4.78 is 0. The molecule has 10 heteroatoms. The third kappa shape index (κ3) is 3.82. The van der Waals surface area contributed by atoms with E-state index in [1.807, 2.05) is 0 Å². The molecule has 1 aliphatic rings. The number of carbonyl (C=O) groups is 2. The van der Waals surface area contributed by atoms with Crippen LogP contribution >= 0.6 is 35.4 Å². The SMILES string of the molecule is O=C1NC(=S)N(c2ccc(Cl)cc2)C(=O)/C1=C/c1cc([N+](=O)[O-])ccc1Cl. The number of anilines is 1. The zero-order valence-corrected chi connectivity index (χ0v) is 15.6. The highest BCUT2D eigenvalue weighted by Gasteiger charge is 2.34. The summed E-state index contributed by atoms with van der Waals surface area (Å²) in [6.07, 6.45) is 1.19. The molecule has 3 rings (SSSR count). The fraction of sp³-hybridized carbons (Fsp3) is 0. The minimum Gasteiger partial charge on any atom is -0.298 e. The number of nitro groups is 1. The number of benzene rings is 2. The molecule has 27 heavy (non-hydrogen) atoms. The van der Waals surface area contributed by atoms with Gasteiger partial charge in [-0.25, -0.2) is 0 Å². The van der Waals surface area contributed by atoms with Gasteiger partial charge in [0.2, 0.25) is 0 Å². The Bertz CT molecular complexity index is 1020. The van der Waals surface area contributed by atoms with Gasteiger partial charge in [0.05, 0.1) is 10.6 Å². The van der Waals surface area contributed by atoms with Gasteiger partial charge in [-0.05, 0) is 48.6 Å². The van der Waals surface area contributed by atoms with E-state index in [2.05, 4.69) is 5.32 Å². The normalized spacial score (nSPS) is 15.9. The number of rotatable bonds is 3. The highest BCUT2D eigenvalue weighted by atomic mass is 35.5. The van der Waals surface area contributed by atoms with Crippen molar-refractivity contribution in [2.75, 3.05) is 4.90 Å². The second kappa shape index (κ2) is 7.43. The van der Waals surface area contributed by atoms with Gasteiger partial charge in [-0.2, -0.15) is 0 Å². The van der Waals surface area contributed by atoms with Crippen molar-refractivity contribution in [3.8, 4) is 0 Å². The molecule has 2 amide bonds. The average Bonchev–Trinajstić information content (AvgIpc) is 2.61. The van der Waals surface area contributed by atoms with Gasteiger partial charge >= 0.3 is 0 Å². The van der Waals surface area contributed by atoms with Gasteiger partial charge < -0.3 is 0 Å². The first-order valence-corrected chi connectivity index (χ1v) is 8.55. The number of halogens is 2. The van der Waals surface area contributed by atoms with Crippen LogP contribution in [-0.4, -0.2) is 21.9 Å². The molecule has 1 aliphatic heterocycles. The molecule has 0 saturated carbocycles. The smallest absolute Gasteiger partial charge is 0.270 e. The summed E-state index contributed by atoms with van der Waals surface area (Å²) in [4.78, 5) is 36.6. The fourth-order valence-electron chi connectivity index (χ4n) is 2.39.